The van der Waals surface area contributed by atoms with Gasteiger partial charge in [-0.05, 0) is 23.8 Å². The van der Waals surface area contributed by atoms with Gasteiger partial charge in [0, 0.05) is 12.0 Å². The van der Waals surface area contributed by atoms with E-state index in [1.807, 2.05) is 30.3 Å². The lowest BCUT2D eigenvalue weighted by Gasteiger charge is -2.32. The number of hydrogen-bond acceptors (Lipinski definition) is 4. The van der Waals surface area contributed by atoms with Crippen molar-refractivity contribution in [3.05, 3.63) is 59.7 Å². The van der Waals surface area contributed by atoms with Crippen molar-refractivity contribution >= 4 is 0 Å². The quantitative estimate of drug-likeness (QED) is 0.570. The van der Waals surface area contributed by atoms with Crippen molar-refractivity contribution in [2.45, 2.75) is 18.6 Å². The molecule has 2 aromatic rings. The molecule has 19 heavy (non-hydrogen) atoms. The molecule has 4 heteroatoms. The Kier molecular flexibility index (Phi) is 3.11. The van der Waals surface area contributed by atoms with Gasteiger partial charge in [0.05, 0.1) is 6.04 Å². The van der Waals surface area contributed by atoms with Gasteiger partial charge in [0.25, 0.3) is 0 Å². The summed E-state index contributed by atoms with van der Waals surface area (Å²) in [7, 11) is 0. The molecule has 0 saturated carbocycles. The van der Waals surface area contributed by atoms with E-state index < -0.39 is 0 Å². The molecule has 4 N–H and O–H groups in total. The van der Waals surface area contributed by atoms with Crippen LogP contribution in [0.1, 0.15) is 29.7 Å². The average molecular weight is 256 g/mol. The van der Waals surface area contributed by atoms with E-state index in [4.69, 9.17) is 10.6 Å². The van der Waals surface area contributed by atoms with Crippen molar-refractivity contribution < 1.29 is 9.84 Å². The summed E-state index contributed by atoms with van der Waals surface area (Å²) in [6, 6.07) is 15.1. The van der Waals surface area contributed by atoms with Crippen LogP contribution in [0, 0.1) is 0 Å². The lowest BCUT2D eigenvalue weighted by atomic mass is 9.93. The number of hydrogen-bond donors (Lipinski definition) is 3. The molecule has 1 aliphatic heterocycles. The van der Waals surface area contributed by atoms with Crippen molar-refractivity contribution in [2.75, 3.05) is 0 Å². The van der Waals surface area contributed by atoms with Gasteiger partial charge in [-0.15, -0.1) is 0 Å². The number of fused-ring (bicyclic) bond motifs is 1. The van der Waals surface area contributed by atoms with Gasteiger partial charge in [0.2, 0.25) is 0 Å². The van der Waals surface area contributed by atoms with E-state index in [0.29, 0.717) is 0 Å². The van der Waals surface area contributed by atoms with E-state index in [2.05, 4.69) is 5.43 Å². The van der Waals surface area contributed by atoms with Gasteiger partial charge in [-0.25, -0.2) is 0 Å². The minimum atomic E-state index is -0.0284. The first-order valence-electron chi connectivity index (χ1n) is 6.28. The number of benzene rings is 2. The Morgan fingerprint density at radius 1 is 1.16 bits per heavy atom. The van der Waals surface area contributed by atoms with E-state index in [9.17, 15) is 5.11 Å². The largest absolute Gasteiger partial charge is 0.508 e. The third-order valence-electron chi connectivity index (χ3n) is 3.46. The number of phenolic OH excluding ortho intramolecular Hbond substituents is 1. The molecule has 4 nitrogen and oxygen atoms in total. The second-order valence-corrected chi connectivity index (χ2v) is 4.69. The van der Waals surface area contributed by atoms with Crippen LogP contribution in [0.5, 0.6) is 11.5 Å². The lowest BCUT2D eigenvalue weighted by Crippen LogP contribution is -2.33. The summed E-state index contributed by atoms with van der Waals surface area (Å²) >= 11 is 0. The maximum Gasteiger partial charge on any atom is 0.126 e. The average Bonchev–Trinajstić information content (AvgIpc) is 2.47. The molecular formula is C15H16N2O2. The summed E-state index contributed by atoms with van der Waals surface area (Å²) in [6.07, 6.45) is 0.705. The zero-order valence-electron chi connectivity index (χ0n) is 10.4. The van der Waals surface area contributed by atoms with Crippen LogP contribution in [0.4, 0.5) is 0 Å². The molecule has 0 radical (unpaired) electrons. The Labute approximate surface area is 111 Å². The molecule has 0 aliphatic carbocycles. The van der Waals surface area contributed by atoms with E-state index >= 15 is 0 Å². The second-order valence-electron chi connectivity index (χ2n) is 4.69. The highest BCUT2D eigenvalue weighted by Crippen LogP contribution is 2.41. The van der Waals surface area contributed by atoms with Gasteiger partial charge in [0.1, 0.15) is 17.6 Å². The van der Waals surface area contributed by atoms with Crippen LogP contribution in [-0.4, -0.2) is 5.11 Å². The summed E-state index contributed by atoms with van der Waals surface area (Å²) in [5.41, 5.74) is 4.82. The van der Waals surface area contributed by atoms with Crippen LogP contribution in [-0.2, 0) is 0 Å². The fraction of sp³-hybridized carbons (Fsp3) is 0.200. The second kappa shape index (κ2) is 4.91. The van der Waals surface area contributed by atoms with E-state index in [-0.39, 0.29) is 17.9 Å². The zero-order valence-corrected chi connectivity index (χ0v) is 10.4. The Morgan fingerprint density at radius 2 is 1.95 bits per heavy atom. The first-order chi connectivity index (χ1) is 9.28. The van der Waals surface area contributed by atoms with E-state index in [1.165, 1.54) is 0 Å². The predicted molar refractivity (Wildman–Crippen MR) is 72.6 cm³/mol. The molecule has 0 bridgehead atoms. The number of rotatable bonds is 2. The maximum atomic E-state index is 9.56. The molecule has 0 fully saturated rings. The Balaban J connectivity index is 1.96. The number of aromatic hydroxyl groups is 1. The summed E-state index contributed by atoms with van der Waals surface area (Å²) in [5.74, 6) is 6.61. The SMILES string of the molecule is NN[C@@H]1C[C@@H](c2ccccc2)Oc2ccc(O)cc21. The standard InChI is InChI=1S/C15H16N2O2/c16-17-13-9-15(10-4-2-1-3-5-10)19-14-7-6-11(18)8-12(13)14/h1-8,13,15,17-18H,9,16H2/t13-,15+/m1/s1. The molecule has 0 amide bonds. The van der Waals surface area contributed by atoms with Gasteiger partial charge in [-0.1, -0.05) is 30.3 Å². The number of ether oxygens (including phenoxy) is 1. The highest BCUT2D eigenvalue weighted by Gasteiger charge is 2.28. The van der Waals surface area contributed by atoms with Gasteiger partial charge in [-0.3, -0.25) is 11.3 Å². The highest BCUT2D eigenvalue weighted by molar-refractivity contribution is 5.43. The first-order valence-corrected chi connectivity index (χ1v) is 6.28. The molecular weight excluding hydrogens is 240 g/mol. The van der Waals surface area contributed by atoms with Crippen molar-refractivity contribution in [1.29, 1.82) is 0 Å². The Bertz CT molecular complexity index is 572. The fourth-order valence-corrected chi connectivity index (χ4v) is 2.49. The molecule has 0 saturated heterocycles. The summed E-state index contributed by atoms with van der Waals surface area (Å²) in [5, 5.41) is 9.56. The molecule has 1 heterocycles. The summed E-state index contributed by atoms with van der Waals surface area (Å²) in [6.45, 7) is 0. The lowest BCUT2D eigenvalue weighted by molar-refractivity contribution is 0.151. The number of phenols is 1. The van der Waals surface area contributed by atoms with Gasteiger partial charge < -0.3 is 9.84 Å². The topological polar surface area (TPSA) is 67.5 Å². The van der Waals surface area contributed by atoms with Crippen LogP contribution >= 0.6 is 0 Å². The van der Waals surface area contributed by atoms with Crippen LogP contribution in [0.2, 0.25) is 0 Å². The molecule has 0 spiro atoms. The highest BCUT2D eigenvalue weighted by atomic mass is 16.5. The van der Waals surface area contributed by atoms with Crippen LogP contribution in [0.15, 0.2) is 48.5 Å². The maximum absolute atomic E-state index is 9.56. The third kappa shape index (κ3) is 2.28. The van der Waals surface area contributed by atoms with Gasteiger partial charge >= 0.3 is 0 Å². The minimum absolute atomic E-state index is 0.0268. The molecule has 1 aliphatic rings. The molecule has 2 aromatic carbocycles. The Hall–Kier alpha value is -2.04. The van der Waals surface area contributed by atoms with Gasteiger partial charge in [0.15, 0.2) is 0 Å². The number of nitrogens with one attached hydrogen (secondary N) is 1. The van der Waals surface area contributed by atoms with Crippen molar-refractivity contribution in [2.24, 2.45) is 5.84 Å². The van der Waals surface area contributed by atoms with Crippen LogP contribution in [0.25, 0.3) is 0 Å². The molecule has 3 rings (SSSR count). The van der Waals surface area contributed by atoms with Gasteiger partial charge in [-0.2, -0.15) is 0 Å². The Morgan fingerprint density at radius 3 is 2.68 bits per heavy atom. The van der Waals surface area contributed by atoms with Crippen molar-refractivity contribution in [1.82, 2.24) is 5.43 Å². The smallest absolute Gasteiger partial charge is 0.126 e. The third-order valence-corrected chi connectivity index (χ3v) is 3.46. The van der Waals surface area contributed by atoms with Crippen molar-refractivity contribution in [3.63, 3.8) is 0 Å². The predicted octanol–water partition coefficient (Wildman–Crippen LogP) is 2.42. The zero-order chi connectivity index (χ0) is 13.2. The molecule has 98 valence electrons. The number of nitrogens with two attached hydrogens (primary N) is 1. The minimum Gasteiger partial charge on any atom is -0.508 e. The summed E-state index contributed by atoms with van der Waals surface area (Å²) in [4.78, 5) is 0. The first kappa shape index (κ1) is 12.0. The summed E-state index contributed by atoms with van der Waals surface area (Å²) < 4.78 is 6.00. The normalized spacial score (nSPS) is 21.5. The molecule has 0 unspecified atom stereocenters. The van der Waals surface area contributed by atoms with Crippen LogP contribution in [0.3, 0.4) is 0 Å². The fourth-order valence-electron chi connectivity index (χ4n) is 2.49. The van der Waals surface area contributed by atoms with E-state index in [1.54, 1.807) is 18.2 Å². The molecule has 2 atom stereocenters. The van der Waals surface area contributed by atoms with Crippen LogP contribution < -0.4 is 16.0 Å². The number of hydrazine groups is 1. The molecule has 0 aromatic heterocycles. The van der Waals surface area contributed by atoms with E-state index in [0.717, 1.165) is 23.3 Å². The van der Waals surface area contributed by atoms with Crippen molar-refractivity contribution in [3.8, 4) is 11.5 Å². The monoisotopic (exact) mass is 256 g/mol.